The Bertz CT molecular complexity index is 1100. The van der Waals surface area contributed by atoms with E-state index in [0.717, 1.165) is 28.3 Å². The highest BCUT2D eigenvalue weighted by atomic mass is 19.1. The van der Waals surface area contributed by atoms with Gasteiger partial charge in [-0.3, -0.25) is 5.43 Å². The van der Waals surface area contributed by atoms with Crippen LogP contribution in [-0.4, -0.2) is 18.4 Å². The topological polar surface area (TPSA) is 101 Å². The maximum atomic E-state index is 13.7. The van der Waals surface area contributed by atoms with Gasteiger partial charge in [0.05, 0.1) is 18.1 Å². The van der Waals surface area contributed by atoms with Crippen LogP contribution in [0.2, 0.25) is 0 Å². The number of halogens is 2. The van der Waals surface area contributed by atoms with E-state index in [2.05, 4.69) is 20.7 Å². The number of nitrogens with one attached hydrogen (secondary N) is 1. The van der Waals surface area contributed by atoms with Crippen molar-refractivity contribution in [1.29, 1.82) is 0 Å². The SMILES string of the molecule is Cc1cc(N/N=C/c2ccc(-c3ccc(/C=N/N=C(N)N)cc3)cc2)c(F)cc1F. The lowest BCUT2D eigenvalue weighted by Gasteiger charge is -2.05. The average molecular weight is 406 g/mol. The van der Waals surface area contributed by atoms with Crippen molar-refractivity contribution < 1.29 is 8.78 Å². The molecule has 0 saturated carbocycles. The van der Waals surface area contributed by atoms with Gasteiger partial charge in [0.15, 0.2) is 5.82 Å². The molecule has 0 aromatic heterocycles. The van der Waals surface area contributed by atoms with Gasteiger partial charge in [0, 0.05) is 6.07 Å². The van der Waals surface area contributed by atoms with Crippen molar-refractivity contribution in [2.24, 2.45) is 26.8 Å². The zero-order chi connectivity index (χ0) is 21.5. The predicted molar refractivity (Wildman–Crippen MR) is 118 cm³/mol. The number of benzene rings is 3. The summed E-state index contributed by atoms with van der Waals surface area (Å²) in [5.74, 6) is -1.39. The van der Waals surface area contributed by atoms with Gasteiger partial charge in [0.25, 0.3) is 0 Å². The summed E-state index contributed by atoms with van der Waals surface area (Å²) in [5.41, 5.74) is 17.2. The summed E-state index contributed by atoms with van der Waals surface area (Å²) in [4.78, 5) is 0. The molecule has 0 aliphatic carbocycles. The smallest absolute Gasteiger partial charge is 0.211 e. The van der Waals surface area contributed by atoms with Crippen LogP contribution in [0.1, 0.15) is 16.7 Å². The lowest BCUT2D eigenvalue weighted by Crippen LogP contribution is -2.21. The molecule has 3 aromatic rings. The van der Waals surface area contributed by atoms with Crippen molar-refractivity contribution in [1.82, 2.24) is 0 Å². The fourth-order valence-electron chi connectivity index (χ4n) is 2.60. The van der Waals surface area contributed by atoms with Crippen LogP contribution in [0, 0.1) is 18.6 Å². The molecule has 0 unspecified atom stereocenters. The van der Waals surface area contributed by atoms with Crippen LogP contribution < -0.4 is 16.9 Å². The van der Waals surface area contributed by atoms with E-state index in [1.54, 1.807) is 19.4 Å². The second kappa shape index (κ2) is 9.42. The molecule has 0 atom stereocenters. The van der Waals surface area contributed by atoms with Gasteiger partial charge >= 0.3 is 0 Å². The standard InChI is InChI=1S/C22H20F2N6/c1-14-10-21(20(24)11-19(14)23)29-27-12-15-2-6-17(7-3-15)18-8-4-16(5-9-18)13-28-30-22(25)26/h2-13,29H,1H3,(H4,25,26,30)/b27-12+,28-13+. The van der Waals surface area contributed by atoms with Gasteiger partial charge in [0.1, 0.15) is 5.82 Å². The zero-order valence-electron chi connectivity index (χ0n) is 16.2. The van der Waals surface area contributed by atoms with Crippen molar-refractivity contribution in [3.05, 3.63) is 89.0 Å². The fourth-order valence-corrected chi connectivity index (χ4v) is 2.60. The maximum Gasteiger partial charge on any atom is 0.211 e. The molecule has 8 heteroatoms. The summed E-state index contributed by atoms with van der Waals surface area (Å²) in [7, 11) is 0. The molecule has 0 aliphatic heterocycles. The third-order valence-corrected chi connectivity index (χ3v) is 4.18. The lowest BCUT2D eigenvalue weighted by molar-refractivity contribution is 0.579. The number of anilines is 1. The van der Waals surface area contributed by atoms with Gasteiger partial charge in [-0.1, -0.05) is 48.5 Å². The first-order valence-corrected chi connectivity index (χ1v) is 8.99. The van der Waals surface area contributed by atoms with Gasteiger partial charge in [-0.05, 0) is 40.8 Å². The van der Waals surface area contributed by atoms with E-state index in [4.69, 9.17) is 11.5 Å². The van der Waals surface area contributed by atoms with Gasteiger partial charge in [-0.15, -0.1) is 5.10 Å². The highest BCUT2D eigenvalue weighted by molar-refractivity contribution is 5.83. The van der Waals surface area contributed by atoms with Crippen LogP contribution in [0.25, 0.3) is 11.1 Å². The molecule has 3 aromatic carbocycles. The summed E-state index contributed by atoms with van der Waals surface area (Å²) in [5, 5.41) is 11.3. The minimum Gasteiger partial charge on any atom is -0.369 e. The van der Waals surface area contributed by atoms with Gasteiger partial charge in [0.2, 0.25) is 5.96 Å². The van der Waals surface area contributed by atoms with E-state index < -0.39 is 11.6 Å². The quantitative estimate of drug-likeness (QED) is 0.328. The lowest BCUT2D eigenvalue weighted by atomic mass is 10.0. The zero-order valence-corrected chi connectivity index (χ0v) is 16.2. The molecule has 0 bridgehead atoms. The van der Waals surface area contributed by atoms with Crippen LogP contribution >= 0.6 is 0 Å². The normalized spacial score (nSPS) is 11.2. The molecule has 0 radical (unpaired) electrons. The Morgan fingerprint density at radius 2 is 1.40 bits per heavy atom. The Morgan fingerprint density at radius 1 is 0.833 bits per heavy atom. The molecular formula is C22H20F2N6. The Hall–Kier alpha value is -4.07. The first-order valence-electron chi connectivity index (χ1n) is 8.99. The number of rotatable bonds is 6. The number of hydrazone groups is 1. The van der Waals surface area contributed by atoms with E-state index in [1.807, 2.05) is 48.5 Å². The molecule has 0 aliphatic rings. The summed E-state index contributed by atoms with van der Waals surface area (Å²) in [6.45, 7) is 1.56. The van der Waals surface area contributed by atoms with Crippen LogP contribution in [0.15, 0.2) is 76.0 Å². The third kappa shape index (κ3) is 5.48. The summed E-state index contributed by atoms with van der Waals surface area (Å²) >= 11 is 0. The number of aryl methyl sites for hydroxylation is 1. The fraction of sp³-hybridized carbons (Fsp3) is 0.0455. The van der Waals surface area contributed by atoms with Crippen LogP contribution in [-0.2, 0) is 0 Å². The Kier molecular flexibility index (Phi) is 6.49. The summed E-state index contributed by atoms with van der Waals surface area (Å²) in [6, 6.07) is 17.6. The minimum atomic E-state index is -0.697. The van der Waals surface area contributed by atoms with Crippen molar-refractivity contribution in [2.75, 3.05) is 5.43 Å². The second-order valence-electron chi connectivity index (χ2n) is 6.46. The Labute approximate surface area is 172 Å². The predicted octanol–water partition coefficient (Wildman–Crippen LogP) is 3.99. The van der Waals surface area contributed by atoms with Gasteiger partial charge in [-0.2, -0.15) is 10.2 Å². The van der Waals surface area contributed by atoms with E-state index in [-0.39, 0.29) is 11.6 Å². The third-order valence-electron chi connectivity index (χ3n) is 4.18. The monoisotopic (exact) mass is 406 g/mol. The molecule has 5 N–H and O–H groups in total. The highest BCUT2D eigenvalue weighted by Crippen LogP contribution is 2.21. The molecule has 6 nitrogen and oxygen atoms in total. The van der Waals surface area contributed by atoms with Crippen molar-refractivity contribution >= 4 is 24.1 Å². The molecule has 0 saturated heterocycles. The number of hydrogen-bond acceptors (Lipinski definition) is 4. The van der Waals surface area contributed by atoms with E-state index in [9.17, 15) is 8.78 Å². The molecule has 0 heterocycles. The first-order chi connectivity index (χ1) is 14.4. The second-order valence-corrected chi connectivity index (χ2v) is 6.46. The molecule has 3 rings (SSSR count). The molecule has 0 spiro atoms. The number of nitrogens with zero attached hydrogens (tertiary/aromatic N) is 3. The summed E-state index contributed by atoms with van der Waals surface area (Å²) < 4.78 is 27.0. The first kappa shape index (κ1) is 20.7. The maximum absolute atomic E-state index is 13.7. The molecule has 30 heavy (non-hydrogen) atoms. The van der Waals surface area contributed by atoms with Gasteiger partial charge in [-0.25, -0.2) is 8.78 Å². The van der Waals surface area contributed by atoms with Crippen LogP contribution in [0.3, 0.4) is 0 Å². The minimum absolute atomic E-state index is 0.0976. The summed E-state index contributed by atoms with van der Waals surface area (Å²) in [6.07, 6.45) is 3.12. The molecule has 0 fully saturated rings. The van der Waals surface area contributed by atoms with Crippen LogP contribution in [0.5, 0.6) is 0 Å². The molecular weight excluding hydrogens is 386 g/mol. The highest BCUT2D eigenvalue weighted by Gasteiger charge is 2.06. The van der Waals surface area contributed by atoms with E-state index in [1.165, 1.54) is 6.07 Å². The molecule has 0 amide bonds. The Morgan fingerprint density at radius 3 is 1.97 bits per heavy atom. The molecule has 152 valence electrons. The largest absolute Gasteiger partial charge is 0.369 e. The van der Waals surface area contributed by atoms with Crippen LogP contribution in [0.4, 0.5) is 14.5 Å². The van der Waals surface area contributed by atoms with E-state index >= 15 is 0 Å². The Balaban J connectivity index is 1.65. The number of nitrogens with two attached hydrogens (primary N) is 2. The van der Waals surface area contributed by atoms with Crippen molar-refractivity contribution in [3.63, 3.8) is 0 Å². The average Bonchev–Trinajstić information content (AvgIpc) is 2.72. The van der Waals surface area contributed by atoms with Crippen molar-refractivity contribution in [3.8, 4) is 11.1 Å². The van der Waals surface area contributed by atoms with Crippen molar-refractivity contribution in [2.45, 2.75) is 6.92 Å². The van der Waals surface area contributed by atoms with Gasteiger partial charge < -0.3 is 11.5 Å². The van der Waals surface area contributed by atoms with E-state index in [0.29, 0.717) is 5.56 Å². The number of guanidine groups is 1. The number of hydrogen-bond donors (Lipinski definition) is 3.